The van der Waals surface area contributed by atoms with Crippen LogP contribution in [0.4, 0.5) is 0 Å². The van der Waals surface area contributed by atoms with E-state index in [0.29, 0.717) is 36.6 Å². The molecule has 0 amide bonds. The van der Waals surface area contributed by atoms with Crippen LogP contribution in [0, 0.1) is 0 Å². The highest BCUT2D eigenvalue weighted by Crippen LogP contribution is 2.37. The number of fused-ring (bicyclic) bond motifs is 1. The fourth-order valence-corrected chi connectivity index (χ4v) is 3.49. The molecule has 1 aliphatic carbocycles. The Morgan fingerprint density at radius 3 is 2.68 bits per heavy atom. The van der Waals surface area contributed by atoms with Crippen LogP contribution in [0.2, 0.25) is 5.02 Å². The summed E-state index contributed by atoms with van der Waals surface area (Å²) >= 11 is 6.35. The van der Waals surface area contributed by atoms with Crippen LogP contribution in [0.25, 0.3) is 0 Å². The lowest BCUT2D eigenvalue weighted by Crippen LogP contribution is -2.43. The fourth-order valence-electron chi connectivity index (χ4n) is 3.21. The molecular formula is C18H27ClIN3O2. The number of hydrogen-bond donors (Lipinski definition) is 2. The van der Waals surface area contributed by atoms with Crippen LogP contribution in [0.1, 0.15) is 44.1 Å². The maximum absolute atomic E-state index is 6.35. The van der Waals surface area contributed by atoms with Gasteiger partial charge in [0.05, 0.1) is 18.2 Å². The Bertz CT molecular complexity index is 592. The van der Waals surface area contributed by atoms with E-state index in [1.165, 1.54) is 32.1 Å². The SMILES string of the molecule is CN=C(NCc1cc(Cl)c2c(c1)OCCCO2)NC1CCCCC1.I. The monoisotopic (exact) mass is 479 g/mol. The zero-order valence-electron chi connectivity index (χ0n) is 14.6. The Hall–Kier alpha value is -0.890. The third-order valence-electron chi connectivity index (χ3n) is 4.49. The molecular weight excluding hydrogens is 453 g/mol. The van der Waals surface area contributed by atoms with Gasteiger partial charge >= 0.3 is 0 Å². The predicted octanol–water partition coefficient (Wildman–Crippen LogP) is 4.12. The van der Waals surface area contributed by atoms with Crippen molar-refractivity contribution in [2.75, 3.05) is 20.3 Å². The number of halogens is 2. The smallest absolute Gasteiger partial charge is 0.191 e. The van der Waals surface area contributed by atoms with Crippen LogP contribution in [0.15, 0.2) is 17.1 Å². The molecule has 0 atom stereocenters. The van der Waals surface area contributed by atoms with E-state index < -0.39 is 0 Å². The van der Waals surface area contributed by atoms with E-state index in [1.54, 1.807) is 7.05 Å². The van der Waals surface area contributed by atoms with Gasteiger partial charge in [-0.25, -0.2) is 0 Å². The molecule has 0 radical (unpaired) electrons. The highest BCUT2D eigenvalue weighted by atomic mass is 127. The van der Waals surface area contributed by atoms with Crippen LogP contribution in [-0.2, 0) is 6.54 Å². The van der Waals surface area contributed by atoms with Crippen molar-refractivity contribution in [1.29, 1.82) is 0 Å². The molecule has 2 N–H and O–H groups in total. The van der Waals surface area contributed by atoms with Crippen LogP contribution in [-0.4, -0.2) is 32.3 Å². The maximum Gasteiger partial charge on any atom is 0.191 e. The summed E-state index contributed by atoms with van der Waals surface area (Å²) < 4.78 is 11.4. The normalized spacial score (nSPS) is 18.1. The number of nitrogens with one attached hydrogen (secondary N) is 2. The van der Waals surface area contributed by atoms with Gasteiger partial charge in [-0.05, 0) is 30.5 Å². The lowest BCUT2D eigenvalue weighted by Gasteiger charge is -2.25. The van der Waals surface area contributed by atoms with Crippen molar-refractivity contribution in [2.24, 2.45) is 4.99 Å². The lowest BCUT2D eigenvalue weighted by atomic mass is 9.96. The van der Waals surface area contributed by atoms with Gasteiger partial charge in [0.15, 0.2) is 17.5 Å². The molecule has 1 aliphatic heterocycles. The number of benzene rings is 1. The van der Waals surface area contributed by atoms with Crippen LogP contribution >= 0.6 is 35.6 Å². The van der Waals surface area contributed by atoms with Gasteiger partial charge in [-0.1, -0.05) is 30.9 Å². The molecule has 1 fully saturated rings. The minimum Gasteiger partial charge on any atom is -0.489 e. The van der Waals surface area contributed by atoms with Crippen molar-refractivity contribution < 1.29 is 9.47 Å². The summed E-state index contributed by atoms with van der Waals surface area (Å²) in [4.78, 5) is 4.33. The first-order valence-corrected chi connectivity index (χ1v) is 9.19. The average Bonchev–Trinajstić information content (AvgIpc) is 2.85. The second-order valence-electron chi connectivity index (χ2n) is 6.36. The molecule has 0 bridgehead atoms. The minimum atomic E-state index is 0. The molecule has 0 saturated heterocycles. The number of aliphatic imine (C=N–C) groups is 1. The number of rotatable bonds is 3. The first kappa shape index (κ1) is 20.4. The van der Waals surface area contributed by atoms with Crippen LogP contribution in [0.5, 0.6) is 11.5 Å². The van der Waals surface area contributed by atoms with Gasteiger partial charge in [-0.15, -0.1) is 24.0 Å². The predicted molar refractivity (Wildman–Crippen MR) is 113 cm³/mol. The quantitative estimate of drug-likeness (QED) is 0.389. The summed E-state index contributed by atoms with van der Waals surface area (Å²) in [6.07, 6.45) is 7.25. The van der Waals surface area contributed by atoms with Crippen molar-refractivity contribution >= 4 is 41.5 Å². The van der Waals surface area contributed by atoms with Gasteiger partial charge < -0.3 is 20.1 Å². The summed E-state index contributed by atoms with van der Waals surface area (Å²) in [5.41, 5.74) is 1.05. The second kappa shape index (κ2) is 10.3. The zero-order valence-corrected chi connectivity index (χ0v) is 17.7. The Kier molecular flexibility index (Phi) is 8.42. The number of nitrogens with zero attached hydrogens (tertiary/aromatic N) is 1. The standard InChI is InChI=1S/C18H26ClN3O2.HI/c1-20-18(22-14-6-3-2-4-7-14)21-12-13-10-15(19)17-16(11-13)23-8-5-9-24-17;/h10-11,14H,2-9,12H2,1H3,(H2,20,21,22);1H. The Balaban J connectivity index is 0.00000225. The van der Waals surface area contributed by atoms with Crippen molar-refractivity contribution in [1.82, 2.24) is 10.6 Å². The van der Waals surface area contributed by atoms with E-state index in [1.807, 2.05) is 12.1 Å². The molecule has 25 heavy (non-hydrogen) atoms. The summed E-state index contributed by atoms with van der Waals surface area (Å²) in [5, 5.41) is 7.48. The van der Waals surface area contributed by atoms with Crippen LogP contribution < -0.4 is 20.1 Å². The second-order valence-corrected chi connectivity index (χ2v) is 6.77. The van der Waals surface area contributed by atoms with Gasteiger partial charge in [0.25, 0.3) is 0 Å². The Morgan fingerprint density at radius 1 is 1.16 bits per heavy atom. The van der Waals surface area contributed by atoms with E-state index in [-0.39, 0.29) is 24.0 Å². The fraction of sp³-hybridized carbons (Fsp3) is 0.611. The summed E-state index contributed by atoms with van der Waals surface area (Å²) in [6.45, 7) is 1.94. The Labute approximate surface area is 171 Å². The lowest BCUT2D eigenvalue weighted by molar-refractivity contribution is 0.297. The molecule has 3 rings (SSSR count). The maximum atomic E-state index is 6.35. The molecule has 1 heterocycles. The summed E-state index contributed by atoms with van der Waals surface area (Å²) in [7, 11) is 1.80. The largest absolute Gasteiger partial charge is 0.489 e. The molecule has 140 valence electrons. The highest BCUT2D eigenvalue weighted by Gasteiger charge is 2.17. The Morgan fingerprint density at radius 2 is 1.92 bits per heavy atom. The van der Waals surface area contributed by atoms with Gasteiger partial charge in [0.1, 0.15) is 0 Å². The first-order valence-electron chi connectivity index (χ1n) is 8.81. The van der Waals surface area contributed by atoms with Gasteiger partial charge in [-0.2, -0.15) is 0 Å². The molecule has 1 aromatic carbocycles. The van der Waals surface area contributed by atoms with Crippen molar-refractivity contribution in [3.63, 3.8) is 0 Å². The number of hydrogen-bond acceptors (Lipinski definition) is 3. The molecule has 5 nitrogen and oxygen atoms in total. The van der Waals surface area contributed by atoms with Crippen molar-refractivity contribution in [3.05, 3.63) is 22.7 Å². The van der Waals surface area contributed by atoms with Crippen molar-refractivity contribution in [3.8, 4) is 11.5 Å². The molecule has 0 spiro atoms. The molecule has 7 heteroatoms. The third kappa shape index (κ3) is 5.81. The van der Waals surface area contributed by atoms with E-state index >= 15 is 0 Å². The molecule has 2 aliphatic rings. The van der Waals surface area contributed by atoms with Gasteiger partial charge in [0, 0.05) is 26.1 Å². The zero-order chi connectivity index (χ0) is 16.8. The van der Waals surface area contributed by atoms with E-state index in [4.69, 9.17) is 21.1 Å². The van der Waals surface area contributed by atoms with E-state index in [9.17, 15) is 0 Å². The van der Waals surface area contributed by atoms with E-state index in [2.05, 4.69) is 15.6 Å². The third-order valence-corrected chi connectivity index (χ3v) is 4.77. The minimum absolute atomic E-state index is 0. The van der Waals surface area contributed by atoms with Crippen LogP contribution in [0.3, 0.4) is 0 Å². The molecule has 1 aromatic rings. The summed E-state index contributed by atoms with van der Waals surface area (Å²) in [6, 6.07) is 4.45. The van der Waals surface area contributed by atoms with Gasteiger partial charge in [0.2, 0.25) is 0 Å². The van der Waals surface area contributed by atoms with Crippen molar-refractivity contribution in [2.45, 2.75) is 51.1 Å². The van der Waals surface area contributed by atoms with Gasteiger partial charge in [-0.3, -0.25) is 4.99 Å². The molecule has 0 unspecified atom stereocenters. The first-order chi connectivity index (χ1) is 11.8. The molecule has 1 saturated carbocycles. The number of guanidine groups is 1. The average molecular weight is 480 g/mol. The van der Waals surface area contributed by atoms with E-state index in [0.717, 1.165) is 23.7 Å². The topological polar surface area (TPSA) is 54.9 Å². The summed E-state index contributed by atoms with van der Waals surface area (Å²) in [5.74, 6) is 2.22. The number of ether oxygens (including phenoxy) is 2. The molecule has 0 aromatic heterocycles. The highest BCUT2D eigenvalue weighted by molar-refractivity contribution is 14.0.